The number of piperazine rings is 1. The van der Waals surface area contributed by atoms with Gasteiger partial charge in [0.05, 0.1) is 28.6 Å². The number of piperidine rings is 1. The van der Waals surface area contributed by atoms with Crippen LogP contribution in [0.15, 0.2) is 59.4 Å². The van der Waals surface area contributed by atoms with Gasteiger partial charge >= 0.3 is 11.7 Å². The van der Waals surface area contributed by atoms with Crippen LogP contribution in [0.4, 0.5) is 10.1 Å². The van der Waals surface area contributed by atoms with Crippen LogP contribution in [0.3, 0.4) is 0 Å². The van der Waals surface area contributed by atoms with Crippen molar-refractivity contribution in [1.29, 1.82) is 0 Å². The highest BCUT2D eigenvalue weighted by Crippen LogP contribution is 2.63. The highest BCUT2D eigenvalue weighted by molar-refractivity contribution is 6.31. The SMILES string of the molecule is Cn1c(=O)n(C2CCC(=O)NC2=O)c2ccc(CCCCCN3CC(C(=O)O)N(CC4CCC(NC(=O)[C@@H]5NC6(CCCCC6)[C@@]6(C(=O)Nc7cc(Cl)ccc76)[C@H]5c5cccc(Cl)c5F)CC4)CC3=O)cc21. The number of carbonyl (C=O) groups excluding carboxylic acids is 5. The summed E-state index contributed by atoms with van der Waals surface area (Å²) in [7, 11) is 1.67. The summed E-state index contributed by atoms with van der Waals surface area (Å²) >= 11 is 12.9. The molecule has 3 aromatic carbocycles. The molecule has 5 N–H and O–H groups in total. The zero-order valence-electron chi connectivity index (χ0n) is 40.3. The number of carboxylic acids is 1. The molecule has 2 aliphatic carbocycles. The van der Waals surface area contributed by atoms with Crippen molar-refractivity contribution in [1.82, 2.24) is 34.9 Å². The van der Waals surface area contributed by atoms with E-state index in [0.717, 1.165) is 44.1 Å². The van der Waals surface area contributed by atoms with Gasteiger partial charge in [-0.15, -0.1) is 0 Å². The molecule has 5 atom stereocenters. The van der Waals surface area contributed by atoms with Gasteiger partial charge in [-0.25, -0.2) is 9.18 Å². The third kappa shape index (κ3) is 8.81. The normalized spacial score (nSPS) is 27.4. The van der Waals surface area contributed by atoms with Crippen molar-refractivity contribution in [3.63, 3.8) is 0 Å². The molecule has 5 amide bonds. The number of halogens is 3. The van der Waals surface area contributed by atoms with Crippen molar-refractivity contribution in [2.75, 3.05) is 31.5 Å². The van der Waals surface area contributed by atoms with Crippen LogP contribution in [0.5, 0.6) is 0 Å². The van der Waals surface area contributed by atoms with Gasteiger partial charge in [-0.2, -0.15) is 0 Å². The van der Waals surface area contributed by atoms with E-state index >= 15 is 4.39 Å². The van der Waals surface area contributed by atoms with Crippen molar-refractivity contribution in [3.05, 3.63) is 97.6 Å². The molecule has 72 heavy (non-hydrogen) atoms. The van der Waals surface area contributed by atoms with Gasteiger partial charge in [-0.05, 0) is 117 Å². The summed E-state index contributed by atoms with van der Waals surface area (Å²) in [6, 6.07) is 13.0. The number of aryl methyl sites for hydroxylation is 2. The van der Waals surface area contributed by atoms with Crippen molar-refractivity contribution in [2.24, 2.45) is 13.0 Å². The molecule has 5 heterocycles. The van der Waals surface area contributed by atoms with Crippen LogP contribution in [0, 0.1) is 11.7 Å². The Morgan fingerprint density at radius 1 is 0.889 bits per heavy atom. The number of aromatic nitrogens is 2. The minimum Gasteiger partial charge on any atom is -0.480 e. The molecule has 4 aliphatic heterocycles. The molecule has 6 aliphatic rings. The summed E-state index contributed by atoms with van der Waals surface area (Å²) in [5.74, 6) is -4.01. The second-order valence-corrected chi connectivity index (χ2v) is 21.8. The van der Waals surface area contributed by atoms with Crippen LogP contribution in [-0.4, -0.2) is 109 Å². The molecule has 1 aromatic heterocycles. The number of rotatable bonds is 13. The van der Waals surface area contributed by atoms with E-state index in [1.807, 2.05) is 24.3 Å². The van der Waals surface area contributed by atoms with Crippen LogP contribution < -0.4 is 27.0 Å². The van der Waals surface area contributed by atoms with Gasteiger partial charge in [0.15, 0.2) is 0 Å². The first-order chi connectivity index (χ1) is 34.6. The van der Waals surface area contributed by atoms with Crippen LogP contribution in [0.25, 0.3) is 11.0 Å². The van der Waals surface area contributed by atoms with Gasteiger partial charge in [0.1, 0.15) is 23.3 Å². The van der Waals surface area contributed by atoms with Crippen molar-refractivity contribution in [2.45, 2.75) is 137 Å². The maximum absolute atomic E-state index is 16.4. The molecule has 0 bridgehead atoms. The summed E-state index contributed by atoms with van der Waals surface area (Å²) in [5, 5.41) is 23.1. The average Bonchev–Trinajstić information content (AvgIpc) is 3.90. The minimum atomic E-state index is -1.33. The first kappa shape index (κ1) is 49.9. The summed E-state index contributed by atoms with van der Waals surface area (Å²) < 4.78 is 19.4. The van der Waals surface area contributed by atoms with Gasteiger partial charge in [0, 0.05) is 61.3 Å². The number of anilines is 1. The van der Waals surface area contributed by atoms with Crippen molar-refractivity contribution < 1.29 is 38.3 Å². The third-order valence-electron chi connectivity index (χ3n) is 16.9. The lowest BCUT2D eigenvalue weighted by atomic mass is 9.55. The summed E-state index contributed by atoms with van der Waals surface area (Å²) in [4.78, 5) is 96.6. The molecule has 5 fully saturated rings. The molecule has 0 radical (unpaired) electrons. The minimum absolute atomic E-state index is 0.00600. The summed E-state index contributed by atoms with van der Waals surface area (Å²) in [5.41, 5.74) is 1.28. The Balaban J connectivity index is 0.742. The number of amides is 5. The van der Waals surface area contributed by atoms with Crippen molar-refractivity contribution >= 4 is 75.4 Å². The smallest absolute Gasteiger partial charge is 0.329 e. The van der Waals surface area contributed by atoms with Crippen LogP contribution in [0.1, 0.15) is 119 Å². The zero-order valence-corrected chi connectivity index (χ0v) is 41.8. The first-order valence-corrected chi connectivity index (χ1v) is 26.3. The first-order valence-electron chi connectivity index (χ1n) is 25.5. The van der Waals surface area contributed by atoms with Crippen LogP contribution in [0.2, 0.25) is 10.0 Å². The van der Waals surface area contributed by atoms with Gasteiger partial charge < -0.3 is 20.6 Å². The quantitative estimate of drug-likeness (QED) is 0.0770. The molecule has 4 aromatic rings. The van der Waals surface area contributed by atoms with E-state index in [9.17, 15) is 38.7 Å². The fraction of sp³-hybridized carbons (Fsp3) is 0.528. The lowest BCUT2D eigenvalue weighted by Crippen LogP contribution is -2.60. The van der Waals surface area contributed by atoms with E-state index < -0.39 is 52.7 Å². The van der Waals surface area contributed by atoms with E-state index in [4.69, 9.17) is 23.2 Å². The molecule has 382 valence electrons. The molecule has 2 saturated carbocycles. The number of carbonyl (C=O) groups is 6. The second kappa shape index (κ2) is 20.0. The van der Waals surface area contributed by atoms with Gasteiger partial charge in [-0.3, -0.25) is 53.4 Å². The largest absolute Gasteiger partial charge is 0.480 e. The molecule has 2 unspecified atom stereocenters. The highest BCUT2D eigenvalue weighted by atomic mass is 35.5. The van der Waals surface area contributed by atoms with Crippen LogP contribution in [-0.2, 0) is 47.7 Å². The maximum Gasteiger partial charge on any atom is 0.329 e. The summed E-state index contributed by atoms with van der Waals surface area (Å²) in [6.07, 6.45) is 10.0. The predicted molar refractivity (Wildman–Crippen MR) is 268 cm³/mol. The number of imide groups is 1. The van der Waals surface area contributed by atoms with Crippen LogP contribution >= 0.6 is 23.2 Å². The van der Waals surface area contributed by atoms with Gasteiger partial charge in [0.25, 0.3) is 0 Å². The van der Waals surface area contributed by atoms with Gasteiger partial charge in [0.2, 0.25) is 29.5 Å². The van der Waals surface area contributed by atoms with E-state index in [0.29, 0.717) is 85.3 Å². The summed E-state index contributed by atoms with van der Waals surface area (Å²) in [6.45, 7) is 0.980. The number of nitrogens with one attached hydrogen (secondary N) is 4. The molecule has 19 heteroatoms. The molecular formula is C53H61Cl2FN8O8. The number of unbranched alkanes of at least 4 members (excludes halogenated alkanes) is 2. The lowest BCUT2D eigenvalue weighted by molar-refractivity contribution is -0.152. The lowest BCUT2D eigenvalue weighted by Gasteiger charge is -2.47. The highest BCUT2D eigenvalue weighted by Gasteiger charge is 2.72. The molecular weight excluding hydrogens is 967 g/mol. The number of fused-ring (bicyclic) bond motifs is 4. The Morgan fingerprint density at radius 3 is 2.42 bits per heavy atom. The average molecular weight is 1030 g/mol. The van der Waals surface area contributed by atoms with E-state index in [1.165, 1.54) is 15.2 Å². The number of hydrogen-bond donors (Lipinski definition) is 5. The maximum atomic E-state index is 16.4. The standard InChI is InChI=1S/C53H61Cl2FN8O8/c1-61-40-25-30(14-19-38(40)64(51(61)72)39-20-21-42(65)59-47(39)67)9-4-2-7-24-62-28-41(49(69)70)63(29-43(62)66)27-31-12-16-33(17-13-31)57-48(68)46-44(34-10-8-11-36(55)45(34)56)53(52(60-46)22-5-3-6-23-52)35-18-15-32(54)26-37(35)58-50(53)71/h8,10-11,14-15,18-19,25-26,31,33,39,41,44,46,60H,2-7,9,12-13,16-17,20-24,27-29H2,1H3,(H,57,68)(H,58,71)(H,69,70)(H,59,65,67)/t31?,33?,39?,41?,44-,46+,53+/m0/s1. The predicted octanol–water partition coefficient (Wildman–Crippen LogP) is 6.10. The van der Waals surface area contributed by atoms with E-state index in [-0.39, 0.29) is 77.8 Å². The number of nitrogens with zero attached hydrogens (tertiary/aromatic N) is 4. The Morgan fingerprint density at radius 2 is 1.67 bits per heavy atom. The van der Waals surface area contributed by atoms with E-state index in [2.05, 4.69) is 21.3 Å². The number of aliphatic carboxylic acids is 1. The molecule has 10 rings (SSSR count). The van der Waals surface area contributed by atoms with Crippen molar-refractivity contribution in [3.8, 4) is 0 Å². The Hall–Kier alpha value is -5.62. The fourth-order valence-corrected chi connectivity index (χ4v) is 13.7. The Kier molecular flexibility index (Phi) is 13.9. The number of imidazole rings is 1. The number of benzene rings is 3. The molecule has 16 nitrogen and oxygen atoms in total. The molecule has 3 saturated heterocycles. The van der Waals surface area contributed by atoms with E-state index in [1.54, 1.807) is 41.1 Å². The monoisotopic (exact) mass is 1030 g/mol. The zero-order chi connectivity index (χ0) is 50.6. The Bertz CT molecular complexity index is 2910. The number of carboxylic acid groups (broad SMARTS) is 1. The molecule has 2 spiro atoms. The second-order valence-electron chi connectivity index (χ2n) is 21.0. The Labute approximate surface area is 426 Å². The topological polar surface area (TPSA) is 204 Å². The fourth-order valence-electron chi connectivity index (χ4n) is 13.4. The number of hydrogen-bond acceptors (Lipinski definition) is 9. The van der Waals surface area contributed by atoms with Gasteiger partial charge in [-0.1, -0.05) is 73.2 Å². The third-order valence-corrected chi connectivity index (χ3v) is 17.4.